The quantitative estimate of drug-likeness (QED) is 0.523. The first-order valence-electron chi connectivity index (χ1n) is 2.73. The fourth-order valence-corrected chi connectivity index (χ4v) is 0.635. The zero-order valence-electron chi connectivity index (χ0n) is 4.65. The largest absolute Gasteiger partial charge is 0.403 e. The minimum absolute atomic E-state index is 0.838. The van der Waals surface area contributed by atoms with Crippen LogP contribution in [0.3, 0.4) is 0 Å². The molecule has 1 nitrogen and oxygen atoms in total. The zero-order chi connectivity index (χ0) is 5.28. The molecule has 0 radical (unpaired) electrons. The van der Waals surface area contributed by atoms with E-state index < -0.39 is 0 Å². The lowest BCUT2D eigenvalue weighted by atomic mass is 10.3. The Morgan fingerprint density at radius 3 is 2.43 bits per heavy atom. The first-order valence-corrected chi connectivity index (χ1v) is 2.73. The summed E-state index contributed by atoms with van der Waals surface area (Å²) in [6.45, 7) is 1.94. The third-order valence-electron chi connectivity index (χ3n) is 1.12. The summed E-state index contributed by atoms with van der Waals surface area (Å²) in [5, 5.41) is 0. The topological polar surface area (TPSA) is 26.0 Å². The van der Waals surface area contributed by atoms with Gasteiger partial charge in [-0.2, -0.15) is 0 Å². The van der Waals surface area contributed by atoms with Gasteiger partial charge in [-0.05, 0) is 25.7 Å². The van der Waals surface area contributed by atoms with Gasteiger partial charge in [-0.15, -0.1) is 0 Å². The van der Waals surface area contributed by atoms with E-state index in [1.807, 2.05) is 6.92 Å². The van der Waals surface area contributed by atoms with Crippen LogP contribution >= 0.6 is 0 Å². The highest BCUT2D eigenvalue weighted by Gasteiger charge is 2.17. The Morgan fingerprint density at radius 1 is 1.71 bits per heavy atom. The Balaban J connectivity index is 2.29. The van der Waals surface area contributed by atoms with Crippen LogP contribution in [0.2, 0.25) is 0 Å². The van der Waals surface area contributed by atoms with Crippen molar-refractivity contribution in [1.29, 1.82) is 0 Å². The average Bonchev–Trinajstić information content (AvgIpc) is 2.17. The van der Waals surface area contributed by atoms with Crippen molar-refractivity contribution in [2.45, 2.75) is 19.8 Å². The summed E-state index contributed by atoms with van der Waals surface area (Å²) in [6, 6.07) is 0. The van der Waals surface area contributed by atoms with E-state index in [9.17, 15) is 0 Å². The van der Waals surface area contributed by atoms with Crippen molar-refractivity contribution in [3.05, 3.63) is 11.8 Å². The molecular formula is C6H11N. The lowest BCUT2D eigenvalue weighted by Gasteiger charge is -1.83. The van der Waals surface area contributed by atoms with Gasteiger partial charge < -0.3 is 5.73 Å². The van der Waals surface area contributed by atoms with Crippen LogP contribution < -0.4 is 5.73 Å². The second-order valence-corrected chi connectivity index (χ2v) is 2.25. The predicted octanol–water partition coefficient (Wildman–Crippen LogP) is 1.26. The van der Waals surface area contributed by atoms with Gasteiger partial charge in [-0.3, -0.25) is 0 Å². The van der Waals surface area contributed by atoms with Crippen LogP contribution in [-0.2, 0) is 0 Å². The molecule has 1 saturated carbocycles. The van der Waals surface area contributed by atoms with Crippen LogP contribution in [0.15, 0.2) is 11.8 Å². The normalized spacial score (nSPS) is 22.7. The Morgan fingerprint density at radius 2 is 2.29 bits per heavy atom. The van der Waals surface area contributed by atoms with Crippen molar-refractivity contribution in [2.24, 2.45) is 11.7 Å². The van der Waals surface area contributed by atoms with Crippen LogP contribution in [-0.4, -0.2) is 0 Å². The lowest BCUT2D eigenvalue weighted by Crippen LogP contribution is -1.89. The molecule has 0 aromatic rings. The fraction of sp³-hybridized carbons (Fsp3) is 0.667. The van der Waals surface area contributed by atoms with Crippen LogP contribution in [0.4, 0.5) is 0 Å². The third-order valence-corrected chi connectivity index (χ3v) is 1.12. The number of nitrogens with two attached hydrogens (primary N) is 1. The Bertz CT molecular complexity index is 86.4. The van der Waals surface area contributed by atoms with Crippen molar-refractivity contribution in [2.75, 3.05) is 0 Å². The van der Waals surface area contributed by atoms with Gasteiger partial charge in [0.2, 0.25) is 0 Å². The zero-order valence-corrected chi connectivity index (χ0v) is 4.65. The van der Waals surface area contributed by atoms with Crippen molar-refractivity contribution >= 4 is 0 Å². The maximum atomic E-state index is 5.39. The SMILES string of the molecule is C/C(N)=C/C1CC1. The minimum atomic E-state index is 0.838. The van der Waals surface area contributed by atoms with E-state index in [2.05, 4.69) is 6.08 Å². The highest BCUT2D eigenvalue weighted by Crippen LogP contribution is 2.30. The molecule has 1 rings (SSSR count). The Kier molecular flexibility index (Phi) is 1.05. The minimum Gasteiger partial charge on any atom is -0.403 e. The van der Waals surface area contributed by atoms with Gasteiger partial charge in [0.05, 0.1) is 0 Å². The summed E-state index contributed by atoms with van der Waals surface area (Å²) in [6.07, 6.45) is 4.85. The predicted molar refractivity (Wildman–Crippen MR) is 30.7 cm³/mol. The molecule has 2 N–H and O–H groups in total. The number of hydrogen-bond acceptors (Lipinski definition) is 1. The van der Waals surface area contributed by atoms with E-state index in [1.54, 1.807) is 0 Å². The molecule has 0 unspecified atom stereocenters. The molecular weight excluding hydrogens is 86.1 g/mol. The molecule has 1 fully saturated rings. The molecule has 0 aromatic carbocycles. The molecule has 1 aliphatic rings. The van der Waals surface area contributed by atoms with Crippen molar-refractivity contribution in [3.63, 3.8) is 0 Å². The monoisotopic (exact) mass is 97.1 g/mol. The summed E-state index contributed by atoms with van der Waals surface area (Å²) < 4.78 is 0. The molecule has 0 aliphatic heterocycles. The number of allylic oxidation sites excluding steroid dienone is 2. The molecule has 0 amide bonds. The van der Waals surface area contributed by atoms with Crippen LogP contribution in [0.1, 0.15) is 19.8 Å². The summed E-state index contributed by atoms with van der Waals surface area (Å²) in [5.41, 5.74) is 6.37. The van der Waals surface area contributed by atoms with Gasteiger partial charge in [0.15, 0.2) is 0 Å². The van der Waals surface area contributed by atoms with E-state index >= 15 is 0 Å². The second kappa shape index (κ2) is 1.57. The molecule has 0 atom stereocenters. The first-order chi connectivity index (χ1) is 3.29. The van der Waals surface area contributed by atoms with Crippen LogP contribution in [0, 0.1) is 5.92 Å². The van der Waals surface area contributed by atoms with Crippen molar-refractivity contribution < 1.29 is 0 Å². The molecule has 0 aromatic heterocycles. The summed E-state index contributed by atoms with van der Waals surface area (Å²) >= 11 is 0. The van der Waals surface area contributed by atoms with E-state index in [1.165, 1.54) is 12.8 Å². The van der Waals surface area contributed by atoms with Crippen LogP contribution in [0.5, 0.6) is 0 Å². The molecule has 0 saturated heterocycles. The highest BCUT2D eigenvalue weighted by atomic mass is 14.5. The van der Waals surface area contributed by atoms with E-state index in [0.717, 1.165) is 11.6 Å². The van der Waals surface area contributed by atoms with Crippen molar-refractivity contribution in [1.82, 2.24) is 0 Å². The molecule has 1 aliphatic carbocycles. The summed E-state index contributed by atoms with van der Waals surface area (Å²) in [7, 11) is 0. The first kappa shape index (κ1) is 4.69. The van der Waals surface area contributed by atoms with Gasteiger partial charge in [0.25, 0.3) is 0 Å². The van der Waals surface area contributed by atoms with Gasteiger partial charge in [-0.1, -0.05) is 6.08 Å². The van der Waals surface area contributed by atoms with Crippen molar-refractivity contribution in [3.8, 4) is 0 Å². The molecule has 0 heterocycles. The molecule has 0 spiro atoms. The molecule has 1 heteroatoms. The van der Waals surface area contributed by atoms with Gasteiger partial charge in [0.1, 0.15) is 0 Å². The van der Waals surface area contributed by atoms with E-state index in [4.69, 9.17) is 5.73 Å². The summed E-state index contributed by atoms with van der Waals surface area (Å²) in [5.74, 6) is 0.838. The molecule has 40 valence electrons. The van der Waals surface area contributed by atoms with Crippen LogP contribution in [0.25, 0.3) is 0 Å². The summed E-state index contributed by atoms with van der Waals surface area (Å²) in [4.78, 5) is 0. The fourth-order valence-electron chi connectivity index (χ4n) is 0.635. The second-order valence-electron chi connectivity index (χ2n) is 2.25. The highest BCUT2D eigenvalue weighted by molar-refractivity contribution is 5.01. The number of rotatable bonds is 1. The average molecular weight is 97.2 g/mol. The number of hydrogen-bond donors (Lipinski definition) is 1. The maximum absolute atomic E-state index is 5.39. The standard InChI is InChI=1S/C6H11N/c1-5(7)4-6-2-3-6/h4,6H,2-3,7H2,1H3/b5-4-. The smallest absolute Gasteiger partial charge is 0.00111 e. The molecule has 7 heavy (non-hydrogen) atoms. The van der Waals surface area contributed by atoms with Gasteiger partial charge in [-0.25, -0.2) is 0 Å². The Hall–Kier alpha value is -0.460. The lowest BCUT2D eigenvalue weighted by molar-refractivity contribution is 1.08. The molecule has 0 bridgehead atoms. The third kappa shape index (κ3) is 1.62. The van der Waals surface area contributed by atoms with E-state index in [-0.39, 0.29) is 0 Å². The Labute approximate surface area is 44.2 Å². The van der Waals surface area contributed by atoms with E-state index in [0.29, 0.717) is 0 Å². The maximum Gasteiger partial charge on any atom is 0.00111 e. The van der Waals surface area contributed by atoms with Gasteiger partial charge >= 0.3 is 0 Å². The van der Waals surface area contributed by atoms with Gasteiger partial charge in [0, 0.05) is 5.70 Å².